The molecule has 0 saturated carbocycles. The summed E-state index contributed by atoms with van der Waals surface area (Å²) in [4.78, 5) is 0. The van der Waals surface area contributed by atoms with Crippen LogP contribution in [0.5, 0.6) is 0 Å². The lowest BCUT2D eigenvalue weighted by Crippen LogP contribution is -2.04. The minimum Gasteiger partial charge on any atom is -0.324 e. The summed E-state index contributed by atoms with van der Waals surface area (Å²) in [5, 5.41) is 0. The predicted octanol–water partition coefficient (Wildman–Crippen LogP) is 3.75. The predicted molar refractivity (Wildman–Crippen MR) is 71.8 cm³/mol. The Kier molecular flexibility index (Phi) is 2.67. The maximum Gasteiger partial charge on any atom is 0.126 e. The van der Waals surface area contributed by atoms with Gasteiger partial charge in [-0.15, -0.1) is 0 Å². The first-order chi connectivity index (χ1) is 8.66. The Labute approximate surface area is 106 Å². The fourth-order valence-corrected chi connectivity index (χ4v) is 2.74. The minimum atomic E-state index is -0.148. The fourth-order valence-electron chi connectivity index (χ4n) is 2.74. The molecule has 0 aromatic heterocycles. The Balaban J connectivity index is 2.11. The van der Waals surface area contributed by atoms with Gasteiger partial charge in [-0.3, -0.25) is 0 Å². The van der Waals surface area contributed by atoms with Crippen molar-refractivity contribution in [1.29, 1.82) is 0 Å². The summed E-state index contributed by atoms with van der Waals surface area (Å²) in [6, 6.07) is 11.7. The third-order valence-electron chi connectivity index (χ3n) is 3.85. The molecule has 2 heteroatoms. The molecule has 0 bridgehead atoms. The molecule has 0 fully saturated rings. The zero-order chi connectivity index (χ0) is 12.7. The van der Waals surface area contributed by atoms with E-state index in [9.17, 15) is 4.39 Å². The van der Waals surface area contributed by atoms with Gasteiger partial charge in [-0.05, 0) is 53.6 Å². The van der Waals surface area contributed by atoms with E-state index >= 15 is 0 Å². The normalized spacial score (nSPS) is 17.8. The fraction of sp³-hybridized carbons (Fsp3) is 0.250. The van der Waals surface area contributed by atoms with E-state index < -0.39 is 0 Å². The molecule has 1 unspecified atom stereocenters. The number of halogens is 1. The van der Waals surface area contributed by atoms with E-state index in [2.05, 4.69) is 12.1 Å². The van der Waals surface area contributed by atoms with Crippen LogP contribution < -0.4 is 5.73 Å². The molecular formula is C16H16FN. The molecule has 0 amide bonds. The summed E-state index contributed by atoms with van der Waals surface area (Å²) in [6.45, 7) is 1.82. The van der Waals surface area contributed by atoms with Gasteiger partial charge in [-0.1, -0.05) is 30.3 Å². The maximum absolute atomic E-state index is 13.6. The Morgan fingerprint density at radius 2 is 2.06 bits per heavy atom. The average molecular weight is 241 g/mol. The van der Waals surface area contributed by atoms with E-state index in [1.807, 2.05) is 19.1 Å². The van der Waals surface area contributed by atoms with Crippen LogP contribution in [0.2, 0.25) is 0 Å². The van der Waals surface area contributed by atoms with E-state index in [1.165, 1.54) is 17.2 Å². The monoisotopic (exact) mass is 241 g/mol. The SMILES string of the molecule is Cc1c(F)cccc1-c1ccc2c(c1)CCC2N. The summed E-state index contributed by atoms with van der Waals surface area (Å²) in [5.74, 6) is -0.148. The van der Waals surface area contributed by atoms with Crippen LogP contribution in [0.15, 0.2) is 36.4 Å². The first-order valence-electron chi connectivity index (χ1n) is 6.30. The van der Waals surface area contributed by atoms with Crippen molar-refractivity contribution in [2.75, 3.05) is 0 Å². The van der Waals surface area contributed by atoms with Crippen molar-refractivity contribution in [1.82, 2.24) is 0 Å². The standard InChI is InChI=1S/C16H16FN/c1-10-13(3-2-4-15(10)17)11-5-7-14-12(9-11)6-8-16(14)18/h2-5,7,9,16H,6,8,18H2,1H3. The summed E-state index contributed by atoms with van der Waals surface area (Å²) in [5.41, 5.74) is 11.3. The van der Waals surface area contributed by atoms with E-state index in [-0.39, 0.29) is 11.9 Å². The highest BCUT2D eigenvalue weighted by molar-refractivity contribution is 5.69. The first kappa shape index (κ1) is 11.4. The number of fused-ring (bicyclic) bond motifs is 1. The van der Waals surface area contributed by atoms with E-state index in [0.29, 0.717) is 5.56 Å². The Bertz CT molecular complexity index is 604. The summed E-state index contributed by atoms with van der Waals surface area (Å²) in [6.07, 6.45) is 2.04. The Morgan fingerprint density at radius 3 is 2.89 bits per heavy atom. The second kappa shape index (κ2) is 4.21. The van der Waals surface area contributed by atoms with Crippen LogP contribution in [0.3, 0.4) is 0 Å². The van der Waals surface area contributed by atoms with Crippen LogP contribution in [-0.4, -0.2) is 0 Å². The van der Waals surface area contributed by atoms with Gasteiger partial charge in [0.05, 0.1) is 0 Å². The zero-order valence-corrected chi connectivity index (χ0v) is 10.4. The van der Waals surface area contributed by atoms with Crippen LogP contribution in [-0.2, 0) is 6.42 Å². The molecule has 0 radical (unpaired) electrons. The van der Waals surface area contributed by atoms with Gasteiger partial charge in [-0.25, -0.2) is 4.39 Å². The molecular weight excluding hydrogens is 225 g/mol. The first-order valence-corrected chi connectivity index (χ1v) is 6.30. The van der Waals surface area contributed by atoms with Gasteiger partial charge in [0.2, 0.25) is 0 Å². The number of hydrogen-bond donors (Lipinski definition) is 1. The second-order valence-electron chi connectivity index (χ2n) is 4.97. The van der Waals surface area contributed by atoms with Crippen LogP contribution in [0.25, 0.3) is 11.1 Å². The third-order valence-corrected chi connectivity index (χ3v) is 3.85. The number of benzene rings is 2. The average Bonchev–Trinajstić information content (AvgIpc) is 2.74. The number of nitrogens with two attached hydrogens (primary N) is 1. The molecule has 1 nitrogen and oxygen atoms in total. The van der Waals surface area contributed by atoms with Gasteiger partial charge >= 0.3 is 0 Å². The Hall–Kier alpha value is -1.67. The van der Waals surface area contributed by atoms with Gasteiger partial charge in [-0.2, -0.15) is 0 Å². The molecule has 0 saturated heterocycles. The van der Waals surface area contributed by atoms with E-state index in [0.717, 1.165) is 24.0 Å². The van der Waals surface area contributed by atoms with Crippen molar-refractivity contribution in [2.45, 2.75) is 25.8 Å². The van der Waals surface area contributed by atoms with Crippen molar-refractivity contribution < 1.29 is 4.39 Å². The molecule has 1 atom stereocenters. The molecule has 0 heterocycles. The lowest BCUT2D eigenvalue weighted by Gasteiger charge is -2.10. The van der Waals surface area contributed by atoms with Crippen LogP contribution >= 0.6 is 0 Å². The van der Waals surface area contributed by atoms with Gasteiger partial charge in [0.1, 0.15) is 5.82 Å². The molecule has 1 aliphatic rings. The lowest BCUT2D eigenvalue weighted by atomic mass is 9.96. The van der Waals surface area contributed by atoms with Gasteiger partial charge in [0, 0.05) is 6.04 Å². The second-order valence-corrected chi connectivity index (χ2v) is 4.97. The minimum absolute atomic E-state index is 0.148. The highest BCUT2D eigenvalue weighted by Gasteiger charge is 2.19. The smallest absolute Gasteiger partial charge is 0.126 e. The largest absolute Gasteiger partial charge is 0.324 e. The third kappa shape index (κ3) is 1.73. The van der Waals surface area contributed by atoms with Crippen molar-refractivity contribution in [3.8, 4) is 11.1 Å². The Morgan fingerprint density at radius 1 is 1.22 bits per heavy atom. The lowest BCUT2D eigenvalue weighted by molar-refractivity contribution is 0.619. The number of rotatable bonds is 1. The van der Waals surface area contributed by atoms with Gasteiger partial charge in [0.25, 0.3) is 0 Å². The van der Waals surface area contributed by atoms with Crippen molar-refractivity contribution in [2.24, 2.45) is 5.73 Å². The van der Waals surface area contributed by atoms with Crippen molar-refractivity contribution in [3.05, 3.63) is 58.9 Å². The quantitative estimate of drug-likeness (QED) is 0.808. The van der Waals surface area contributed by atoms with Gasteiger partial charge < -0.3 is 5.73 Å². The van der Waals surface area contributed by atoms with E-state index in [1.54, 1.807) is 6.07 Å². The number of aryl methyl sites for hydroxylation is 1. The highest BCUT2D eigenvalue weighted by Crippen LogP contribution is 2.34. The molecule has 2 aromatic rings. The van der Waals surface area contributed by atoms with Crippen molar-refractivity contribution >= 4 is 0 Å². The number of hydrogen-bond acceptors (Lipinski definition) is 1. The van der Waals surface area contributed by atoms with Gasteiger partial charge in [0.15, 0.2) is 0 Å². The molecule has 92 valence electrons. The molecule has 3 rings (SSSR count). The topological polar surface area (TPSA) is 26.0 Å². The maximum atomic E-state index is 13.6. The van der Waals surface area contributed by atoms with Crippen LogP contribution in [0.4, 0.5) is 4.39 Å². The molecule has 18 heavy (non-hydrogen) atoms. The summed E-state index contributed by atoms with van der Waals surface area (Å²) < 4.78 is 13.6. The summed E-state index contributed by atoms with van der Waals surface area (Å²) in [7, 11) is 0. The molecule has 2 aromatic carbocycles. The molecule has 0 aliphatic heterocycles. The zero-order valence-electron chi connectivity index (χ0n) is 10.4. The summed E-state index contributed by atoms with van der Waals surface area (Å²) >= 11 is 0. The van der Waals surface area contributed by atoms with E-state index in [4.69, 9.17) is 5.73 Å². The molecule has 1 aliphatic carbocycles. The van der Waals surface area contributed by atoms with Crippen LogP contribution in [0.1, 0.15) is 29.2 Å². The highest BCUT2D eigenvalue weighted by atomic mass is 19.1. The van der Waals surface area contributed by atoms with Crippen LogP contribution in [0, 0.1) is 12.7 Å². The molecule has 2 N–H and O–H groups in total. The molecule has 0 spiro atoms. The van der Waals surface area contributed by atoms with Crippen molar-refractivity contribution in [3.63, 3.8) is 0 Å².